The summed E-state index contributed by atoms with van der Waals surface area (Å²) < 4.78 is 4.87. The van der Waals surface area contributed by atoms with E-state index >= 15 is 0 Å². The molecule has 2 amide bonds. The number of carbonyl (C=O) groups excluding carboxylic acids is 2. The fraction of sp³-hybridized carbons (Fsp3) is 0.529. The Kier molecular flexibility index (Phi) is 4.43. The van der Waals surface area contributed by atoms with Gasteiger partial charge in [-0.25, -0.2) is 0 Å². The van der Waals surface area contributed by atoms with Crippen molar-refractivity contribution < 1.29 is 14.3 Å². The molecule has 0 aromatic heterocycles. The Hall–Kier alpha value is -1.88. The van der Waals surface area contributed by atoms with Crippen molar-refractivity contribution in [2.45, 2.75) is 19.3 Å². The molecule has 118 valence electrons. The van der Waals surface area contributed by atoms with Gasteiger partial charge in [0.05, 0.1) is 0 Å². The minimum atomic E-state index is -0.00729. The minimum absolute atomic E-state index is 0.00729. The van der Waals surface area contributed by atoms with E-state index < -0.39 is 0 Å². The molecule has 2 aliphatic rings. The Morgan fingerprint density at radius 2 is 1.73 bits per heavy atom. The molecule has 0 bridgehead atoms. The Labute approximate surface area is 130 Å². The van der Waals surface area contributed by atoms with E-state index in [2.05, 4.69) is 6.07 Å². The van der Waals surface area contributed by atoms with Crippen LogP contribution in [0.1, 0.15) is 27.9 Å². The molecule has 0 unspecified atom stereocenters. The van der Waals surface area contributed by atoms with Crippen LogP contribution in [0.2, 0.25) is 0 Å². The molecule has 1 fully saturated rings. The lowest BCUT2D eigenvalue weighted by Crippen LogP contribution is -2.51. The molecule has 1 aromatic carbocycles. The van der Waals surface area contributed by atoms with Crippen LogP contribution in [0.5, 0.6) is 0 Å². The summed E-state index contributed by atoms with van der Waals surface area (Å²) in [6, 6.07) is 6.08. The van der Waals surface area contributed by atoms with Crippen molar-refractivity contribution in [3.05, 3.63) is 34.9 Å². The molecule has 22 heavy (non-hydrogen) atoms. The SMILES string of the molecule is COCC(=O)N1CCN(C(=O)c2ccc3c(c2)CCC3)CC1. The van der Waals surface area contributed by atoms with Crippen molar-refractivity contribution >= 4 is 11.8 Å². The smallest absolute Gasteiger partial charge is 0.253 e. The fourth-order valence-electron chi connectivity index (χ4n) is 3.26. The van der Waals surface area contributed by atoms with Gasteiger partial charge in [-0.2, -0.15) is 0 Å². The lowest BCUT2D eigenvalue weighted by Gasteiger charge is -2.34. The van der Waals surface area contributed by atoms with Crippen LogP contribution in [-0.4, -0.2) is 61.5 Å². The maximum Gasteiger partial charge on any atom is 0.253 e. The first-order valence-electron chi connectivity index (χ1n) is 7.87. The molecule has 5 heteroatoms. The van der Waals surface area contributed by atoms with Crippen molar-refractivity contribution in [3.63, 3.8) is 0 Å². The maximum absolute atomic E-state index is 12.6. The number of carbonyl (C=O) groups is 2. The number of aryl methyl sites for hydroxylation is 2. The Morgan fingerprint density at radius 3 is 2.45 bits per heavy atom. The standard InChI is InChI=1S/C17H22N2O3/c1-22-12-16(20)18-7-9-19(10-8-18)17(21)15-6-5-13-3-2-4-14(13)11-15/h5-6,11H,2-4,7-10,12H2,1H3. The minimum Gasteiger partial charge on any atom is -0.375 e. The molecule has 1 saturated heterocycles. The van der Waals surface area contributed by atoms with Crippen LogP contribution in [0, 0.1) is 0 Å². The van der Waals surface area contributed by atoms with Crippen molar-refractivity contribution in [2.75, 3.05) is 39.9 Å². The zero-order valence-corrected chi connectivity index (χ0v) is 13.0. The largest absolute Gasteiger partial charge is 0.375 e. The van der Waals surface area contributed by atoms with Gasteiger partial charge in [0.1, 0.15) is 6.61 Å². The Balaban J connectivity index is 1.61. The van der Waals surface area contributed by atoms with E-state index in [9.17, 15) is 9.59 Å². The topological polar surface area (TPSA) is 49.9 Å². The van der Waals surface area contributed by atoms with Crippen LogP contribution < -0.4 is 0 Å². The lowest BCUT2D eigenvalue weighted by atomic mass is 10.1. The summed E-state index contributed by atoms with van der Waals surface area (Å²) >= 11 is 0. The number of hydrogen-bond acceptors (Lipinski definition) is 3. The van der Waals surface area contributed by atoms with Gasteiger partial charge in [0.25, 0.3) is 5.91 Å². The average molecular weight is 302 g/mol. The molecule has 0 saturated carbocycles. The summed E-state index contributed by atoms with van der Waals surface area (Å²) in [5.41, 5.74) is 3.48. The van der Waals surface area contributed by atoms with Crippen LogP contribution in [0.3, 0.4) is 0 Å². The molecule has 1 aromatic rings. The van der Waals surface area contributed by atoms with Gasteiger partial charge in [-0.1, -0.05) is 6.07 Å². The second-order valence-corrected chi connectivity index (χ2v) is 5.94. The van der Waals surface area contributed by atoms with Crippen LogP contribution in [-0.2, 0) is 22.4 Å². The first kappa shape index (κ1) is 15.0. The van der Waals surface area contributed by atoms with Gasteiger partial charge in [-0.3, -0.25) is 9.59 Å². The molecule has 1 aliphatic heterocycles. The van der Waals surface area contributed by atoms with E-state index in [-0.39, 0.29) is 18.4 Å². The maximum atomic E-state index is 12.6. The number of amides is 2. The first-order valence-corrected chi connectivity index (χ1v) is 7.87. The van der Waals surface area contributed by atoms with Gasteiger partial charge in [0.15, 0.2) is 0 Å². The van der Waals surface area contributed by atoms with Crippen LogP contribution >= 0.6 is 0 Å². The molecule has 1 aliphatic carbocycles. The normalized spacial score (nSPS) is 17.5. The third kappa shape index (κ3) is 2.99. The summed E-state index contributed by atoms with van der Waals surface area (Å²) in [5, 5.41) is 0. The van der Waals surface area contributed by atoms with E-state index in [4.69, 9.17) is 4.74 Å². The number of rotatable bonds is 3. The Morgan fingerprint density at radius 1 is 1.05 bits per heavy atom. The molecular formula is C17H22N2O3. The van der Waals surface area contributed by atoms with Crippen molar-refractivity contribution in [2.24, 2.45) is 0 Å². The molecule has 5 nitrogen and oxygen atoms in total. The lowest BCUT2D eigenvalue weighted by molar-refractivity contribution is -0.136. The van der Waals surface area contributed by atoms with Crippen molar-refractivity contribution in [1.29, 1.82) is 0 Å². The molecule has 0 N–H and O–H groups in total. The van der Waals surface area contributed by atoms with E-state index in [1.165, 1.54) is 24.7 Å². The van der Waals surface area contributed by atoms with E-state index in [0.29, 0.717) is 26.2 Å². The monoisotopic (exact) mass is 302 g/mol. The van der Waals surface area contributed by atoms with Crippen LogP contribution in [0.25, 0.3) is 0 Å². The summed E-state index contributed by atoms with van der Waals surface area (Å²) in [6.07, 6.45) is 3.40. The highest BCUT2D eigenvalue weighted by atomic mass is 16.5. The van der Waals surface area contributed by atoms with Crippen LogP contribution in [0.15, 0.2) is 18.2 Å². The first-order chi connectivity index (χ1) is 10.7. The second kappa shape index (κ2) is 6.48. The highest BCUT2D eigenvalue weighted by Gasteiger charge is 2.25. The molecule has 0 spiro atoms. The number of methoxy groups -OCH3 is 1. The summed E-state index contributed by atoms with van der Waals surface area (Å²) in [4.78, 5) is 28.0. The summed E-state index contributed by atoms with van der Waals surface area (Å²) in [7, 11) is 1.52. The summed E-state index contributed by atoms with van der Waals surface area (Å²) in [5.74, 6) is 0.0701. The number of fused-ring (bicyclic) bond motifs is 1. The third-order valence-electron chi connectivity index (χ3n) is 4.53. The van der Waals surface area contributed by atoms with Gasteiger partial charge < -0.3 is 14.5 Å². The van der Waals surface area contributed by atoms with E-state index in [1.807, 2.05) is 17.0 Å². The third-order valence-corrected chi connectivity index (χ3v) is 4.53. The van der Waals surface area contributed by atoms with Gasteiger partial charge >= 0.3 is 0 Å². The molecule has 3 rings (SSSR count). The zero-order chi connectivity index (χ0) is 15.5. The highest BCUT2D eigenvalue weighted by Crippen LogP contribution is 2.23. The predicted molar refractivity (Wildman–Crippen MR) is 82.8 cm³/mol. The molecule has 1 heterocycles. The zero-order valence-electron chi connectivity index (χ0n) is 13.0. The van der Waals surface area contributed by atoms with Gasteiger partial charge in [-0.05, 0) is 42.5 Å². The number of ether oxygens (including phenoxy) is 1. The van der Waals surface area contributed by atoms with Crippen molar-refractivity contribution in [1.82, 2.24) is 9.80 Å². The van der Waals surface area contributed by atoms with Gasteiger partial charge in [0.2, 0.25) is 5.91 Å². The number of nitrogens with zero attached hydrogens (tertiary/aromatic N) is 2. The van der Waals surface area contributed by atoms with Crippen LogP contribution in [0.4, 0.5) is 0 Å². The fourth-order valence-corrected chi connectivity index (χ4v) is 3.26. The van der Waals surface area contributed by atoms with Crippen molar-refractivity contribution in [3.8, 4) is 0 Å². The van der Waals surface area contributed by atoms with E-state index in [1.54, 1.807) is 4.90 Å². The highest BCUT2D eigenvalue weighted by molar-refractivity contribution is 5.94. The number of hydrogen-bond donors (Lipinski definition) is 0. The summed E-state index contributed by atoms with van der Waals surface area (Å²) in [6.45, 7) is 2.45. The second-order valence-electron chi connectivity index (χ2n) is 5.94. The molecule has 0 atom stereocenters. The Bertz CT molecular complexity index is 577. The number of piperazine rings is 1. The quantitative estimate of drug-likeness (QED) is 0.840. The van der Waals surface area contributed by atoms with Gasteiger partial charge in [-0.15, -0.1) is 0 Å². The van der Waals surface area contributed by atoms with E-state index in [0.717, 1.165) is 18.4 Å². The number of benzene rings is 1. The average Bonchev–Trinajstić information content (AvgIpc) is 3.02. The molecular weight excluding hydrogens is 280 g/mol. The van der Waals surface area contributed by atoms with Gasteiger partial charge in [0, 0.05) is 38.9 Å². The molecule has 0 radical (unpaired) electrons. The predicted octanol–water partition coefficient (Wildman–Crippen LogP) is 1.11.